The highest BCUT2D eigenvalue weighted by Gasteiger charge is 2.26. The van der Waals surface area contributed by atoms with Crippen LogP contribution in [-0.4, -0.2) is 24.4 Å². The van der Waals surface area contributed by atoms with Crippen molar-refractivity contribution in [2.75, 3.05) is 11.4 Å². The maximum absolute atomic E-state index is 11.9. The minimum Gasteiger partial charge on any atom is -0.366 e. The first-order valence-electron chi connectivity index (χ1n) is 5.56. The Balaban J connectivity index is 2.30. The Morgan fingerprint density at radius 1 is 1.41 bits per heavy atom. The second-order valence-corrected chi connectivity index (χ2v) is 4.15. The number of hydrogen-bond donors (Lipinski definition) is 2. The predicted molar refractivity (Wildman–Crippen MR) is 64.5 cm³/mol. The van der Waals surface area contributed by atoms with Gasteiger partial charge in [-0.1, -0.05) is 6.07 Å². The van der Waals surface area contributed by atoms with Gasteiger partial charge >= 0.3 is 0 Å². The van der Waals surface area contributed by atoms with E-state index in [0.29, 0.717) is 24.2 Å². The molecule has 1 unspecified atom stereocenters. The van der Waals surface area contributed by atoms with Crippen LogP contribution in [0.1, 0.15) is 23.2 Å². The number of nitrogens with zero attached hydrogens (tertiary/aromatic N) is 1. The molecule has 2 rings (SSSR count). The number of primary amides is 1. The van der Waals surface area contributed by atoms with E-state index in [9.17, 15) is 9.59 Å². The molecule has 2 amide bonds. The van der Waals surface area contributed by atoms with Crippen LogP contribution in [-0.2, 0) is 4.79 Å². The van der Waals surface area contributed by atoms with Crippen LogP contribution in [0, 0.1) is 0 Å². The third-order valence-corrected chi connectivity index (χ3v) is 2.92. The van der Waals surface area contributed by atoms with E-state index in [2.05, 4.69) is 0 Å². The maximum atomic E-state index is 11.9. The molecule has 1 aromatic rings. The summed E-state index contributed by atoms with van der Waals surface area (Å²) < 4.78 is 0. The summed E-state index contributed by atoms with van der Waals surface area (Å²) in [6.45, 7) is 0.634. The van der Waals surface area contributed by atoms with Crippen molar-refractivity contribution in [1.82, 2.24) is 0 Å². The van der Waals surface area contributed by atoms with Gasteiger partial charge in [-0.25, -0.2) is 0 Å². The average molecular weight is 233 g/mol. The second kappa shape index (κ2) is 4.55. The third kappa shape index (κ3) is 2.29. The maximum Gasteiger partial charge on any atom is 0.248 e. The highest BCUT2D eigenvalue weighted by molar-refractivity contribution is 5.99. The quantitative estimate of drug-likeness (QED) is 0.766. The van der Waals surface area contributed by atoms with Crippen molar-refractivity contribution in [3.63, 3.8) is 0 Å². The number of piperidine rings is 1. The first-order chi connectivity index (χ1) is 8.09. The lowest BCUT2D eigenvalue weighted by atomic mass is 10.0. The first kappa shape index (κ1) is 11.6. The molecule has 0 bridgehead atoms. The minimum absolute atomic E-state index is 0.0992. The molecular weight excluding hydrogens is 218 g/mol. The third-order valence-electron chi connectivity index (χ3n) is 2.92. The van der Waals surface area contributed by atoms with Crippen LogP contribution in [0.2, 0.25) is 0 Å². The van der Waals surface area contributed by atoms with Crippen LogP contribution in [0.5, 0.6) is 0 Å². The molecule has 4 N–H and O–H groups in total. The zero-order chi connectivity index (χ0) is 12.4. The molecule has 1 aliphatic heterocycles. The number of anilines is 1. The Labute approximate surface area is 99.4 Å². The fourth-order valence-corrected chi connectivity index (χ4v) is 1.99. The van der Waals surface area contributed by atoms with E-state index in [-0.39, 0.29) is 5.91 Å². The lowest BCUT2D eigenvalue weighted by Gasteiger charge is -2.30. The van der Waals surface area contributed by atoms with Gasteiger partial charge in [0.15, 0.2) is 0 Å². The van der Waals surface area contributed by atoms with E-state index in [1.807, 2.05) is 0 Å². The molecule has 0 saturated carbocycles. The smallest absolute Gasteiger partial charge is 0.248 e. The summed E-state index contributed by atoms with van der Waals surface area (Å²) in [5, 5.41) is 0. The van der Waals surface area contributed by atoms with Gasteiger partial charge in [-0.05, 0) is 31.0 Å². The molecule has 0 spiro atoms. The van der Waals surface area contributed by atoms with Gasteiger partial charge in [0.25, 0.3) is 0 Å². The normalized spacial score (nSPS) is 20.4. The van der Waals surface area contributed by atoms with Gasteiger partial charge < -0.3 is 16.4 Å². The molecular formula is C12H15N3O2. The van der Waals surface area contributed by atoms with Gasteiger partial charge in [0.2, 0.25) is 11.8 Å². The van der Waals surface area contributed by atoms with Crippen molar-refractivity contribution in [2.45, 2.75) is 18.9 Å². The van der Waals surface area contributed by atoms with Crippen molar-refractivity contribution < 1.29 is 9.59 Å². The van der Waals surface area contributed by atoms with Crippen molar-refractivity contribution >= 4 is 17.5 Å². The zero-order valence-corrected chi connectivity index (χ0v) is 9.43. The number of amides is 2. The van der Waals surface area contributed by atoms with E-state index in [1.54, 1.807) is 29.2 Å². The van der Waals surface area contributed by atoms with Gasteiger partial charge in [0.1, 0.15) is 0 Å². The molecule has 1 heterocycles. The molecule has 17 heavy (non-hydrogen) atoms. The standard InChI is InChI=1S/C12H15N3O2/c13-10-5-2-6-15(12(10)17)9-4-1-3-8(7-9)11(14)16/h1,3-4,7,10H,2,5-6,13H2,(H2,14,16). The average Bonchev–Trinajstić information content (AvgIpc) is 2.33. The van der Waals surface area contributed by atoms with E-state index < -0.39 is 11.9 Å². The number of nitrogens with two attached hydrogens (primary N) is 2. The van der Waals surface area contributed by atoms with E-state index in [1.165, 1.54) is 0 Å². The topological polar surface area (TPSA) is 89.4 Å². The molecule has 1 aliphatic rings. The van der Waals surface area contributed by atoms with Gasteiger partial charge in [-0.3, -0.25) is 9.59 Å². The number of benzene rings is 1. The number of carbonyl (C=O) groups is 2. The highest BCUT2D eigenvalue weighted by atomic mass is 16.2. The minimum atomic E-state index is -0.499. The summed E-state index contributed by atoms with van der Waals surface area (Å²) in [5.41, 5.74) is 12.0. The summed E-state index contributed by atoms with van der Waals surface area (Å²) in [6, 6.07) is 6.30. The van der Waals surface area contributed by atoms with Gasteiger partial charge in [-0.2, -0.15) is 0 Å². The van der Waals surface area contributed by atoms with Gasteiger partial charge in [-0.15, -0.1) is 0 Å². The van der Waals surface area contributed by atoms with Crippen LogP contribution in [0.15, 0.2) is 24.3 Å². The van der Waals surface area contributed by atoms with Crippen LogP contribution >= 0.6 is 0 Å². The van der Waals surface area contributed by atoms with Gasteiger partial charge in [0, 0.05) is 17.8 Å². The van der Waals surface area contributed by atoms with Crippen LogP contribution in [0.3, 0.4) is 0 Å². The Morgan fingerprint density at radius 3 is 2.88 bits per heavy atom. The number of rotatable bonds is 2. The Hall–Kier alpha value is -1.88. The molecule has 0 radical (unpaired) electrons. The van der Waals surface area contributed by atoms with Crippen LogP contribution in [0.4, 0.5) is 5.69 Å². The molecule has 0 aromatic heterocycles. The molecule has 5 heteroatoms. The fourth-order valence-electron chi connectivity index (χ4n) is 1.99. The highest BCUT2D eigenvalue weighted by Crippen LogP contribution is 2.21. The summed E-state index contributed by atoms with van der Waals surface area (Å²) in [6.07, 6.45) is 1.58. The van der Waals surface area contributed by atoms with E-state index in [0.717, 1.165) is 6.42 Å². The lowest BCUT2D eigenvalue weighted by Crippen LogP contribution is -2.48. The van der Waals surface area contributed by atoms with Crippen molar-refractivity contribution in [3.05, 3.63) is 29.8 Å². The fraction of sp³-hybridized carbons (Fsp3) is 0.333. The summed E-state index contributed by atoms with van der Waals surface area (Å²) >= 11 is 0. The monoisotopic (exact) mass is 233 g/mol. The molecule has 1 fully saturated rings. The van der Waals surface area contributed by atoms with E-state index >= 15 is 0 Å². The Bertz CT molecular complexity index is 459. The largest absolute Gasteiger partial charge is 0.366 e. The summed E-state index contributed by atoms with van der Waals surface area (Å²) in [4.78, 5) is 24.6. The summed E-state index contributed by atoms with van der Waals surface area (Å²) in [7, 11) is 0. The number of hydrogen-bond acceptors (Lipinski definition) is 3. The predicted octanol–water partition coefficient (Wildman–Crippen LogP) is 0.240. The second-order valence-electron chi connectivity index (χ2n) is 4.15. The van der Waals surface area contributed by atoms with Crippen molar-refractivity contribution in [2.24, 2.45) is 11.5 Å². The zero-order valence-electron chi connectivity index (χ0n) is 9.43. The Morgan fingerprint density at radius 2 is 2.18 bits per heavy atom. The van der Waals surface area contributed by atoms with Gasteiger partial charge in [0.05, 0.1) is 6.04 Å². The lowest BCUT2D eigenvalue weighted by molar-refractivity contribution is -0.120. The van der Waals surface area contributed by atoms with E-state index in [4.69, 9.17) is 11.5 Å². The van der Waals surface area contributed by atoms with Crippen LogP contribution < -0.4 is 16.4 Å². The Kier molecular flexibility index (Phi) is 3.10. The summed E-state index contributed by atoms with van der Waals surface area (Å²) in [5.74, 6) is -0.599. The van der Waals surface area contributed by atoms with Crippen LogP contribution in [0.25, 0.3) is 0 Å². The van der Waals surface area contributed by atoms with Crippen molar-refractivity contribution in [1.29, 1.82) is 0 Å². The number of carbonyl (C=O) groups excluding carboxylic acids is 2. The molecule has 1 aromatic carbocycles. The first-order valence-corrected chi connectivity index (χ1v) is 5.56. The molecule has 1 saturated heterocycles. The van der Waals surface area contributed by atoms with Crippen molar-refractivity contribution in [3.8, 4) is 0 Å². The molecule has 1 atom stereocenters. The molecule has 5 nitrogen and oxygen atoms in total. The molecule has 90 valence electrons. The SMILES string of the molecule is NC(=O)c1cccc(N2CCCC(N)C2=O)c1. The molecule has 0 aliphatic carbocycles.